The van der Waals surface area contributed by atoms with Gasteiger partial charge in [0.2, 0.25) is 0 Å². The van der Waals surface area contributed by atoms with E-state index in [1.54, 1.807) is 6.07 Å². The van der Waals surface area contributed by atoms with Crippen LogP contribution < -0.4 is 5.32 Å². The van der Waals surface area contributed by atoms with E-state index in [2.05, 4.69) is 5.32 Å². The average Bonchev–Trinajstić information content (AvgIpc) is 2.70. The van der Waals surface area contributed by atoms with Gasteiger partial charge in [0.15, 0.2) is 6.61 Å². The second kappa shape index (κ2) is 8.57. The maximum Gasteiger partial charge on any atom is 0.342 e. The maximum atomic E-state index is 12.3. The van der Waals surface area contributed by atoms with Gasteiger partial charge in [-0.2, -0.15) is 0 Å². The number of nitrogens with one attached hydrogen (secondary N) is 1. The fraction of sp³-hybridized carbons (Fsp3) is 0.217. The molecule has 5 nitrogen and oxygen atoms in total. The standard InChI is InChI=1S/C23H23NO4/c1-3-20(16-10-8-15(2)9-11-16)24-22(26)14-28-23(27)19-12-17-6-4-5-7-18(17)13-21(19)25/h4-13,20,25H,3,14H2,1-2H3,(H,24,26)/t20-/m1/s1. The Balaban J connectivity index is 1.63. The SMILES string of the molecule is CC[C@@H](NC(=O)COC(=O)c1cc2ccccc2cc1O)c1ccc(C)cc1. The normalized spacial score (nSPS) is 11.8. The Morgan fingerprint density at radius 2 is 1.68 bits per heavy atom. The molecule has 0 fully saturated rings. The van der Waals surface area contributed by atoms with Crippen LogP contribution in [-0.4, -0.2) is 23.6 Å². The van der Waals surface area contributed by atoms with Gasteiger partial charge in [-0.3, -0.25) is 4.79 Å². The molecule has 0 bridgehead atoms. The molecular formula is C23H23NO4. The Labute approximate surface area is 164 Å². The lowest BCUT2D eigenvalue weighted by Crippen LogP contribution is -2.32. The first kappa shape index (κ1) is 19.4. The fourth-order valence-electron chi connectivity index (χ4n) is 3.06. The summed E-state index contributed by atoms with van der Waals surface area (Å²) in [4.78, 5) is 24.5. The molecule has 0 radical (unpaired) electrons. The second-order valence-electron chi connectivity index (χ2n) is 6.73. The van der Waals surface area contributed by atoms with Crippen LogP contribution in [0.25, 0.3) is 10.8 Å². The molecule has 0 heterocycles. The lowest BCUT2D eigenvalue weighted by molar-refractivity contribution is -0.125. The lowest BCUT2D eigenvalue weighted by atomic mass is 10.0. The van der Waals surface area contributed by atoms with Crippen molar-refractivity contribution in [2.75, 3.05) is 6.61 Å². The number of rotatable bonds is 6. The summed E-state index contributed by atoms with van der Waals surface area (Å²) in [6, 6.07) is 18.2. The number of aryl methyl sites for hydroxylation is 1. The van der Waals surface area contributed by atoms with Crippen molar-refractivity contribution in [1.82, 2.24) is 5.32 Å². The second-order valence-corrected chi connectivity index (χ2v) is 6.73. The highest BCUT2D eigenvalue weighted by atomic mass is 16.5. The number of aromatic hydroxyl groups is 1. The van der Waals surface area contributed by atoms with Gasteiger partial charge in [-0.25, -0.2) is 4.79 Å². The molecular weight excluding hydrogens is 354 g/mol. The molecule has 28 heavy (non-hydrogen) atoms. The lowest BCUT2D eigenvalue weighted by Gasteiger charge is -2.17. The number of phenols is 1. The summed E-state index contributed by atoms with van der Waals surface area (Å²) in [7, 11) is 0. The van der Waals surface area contributed by atoms with E-state index in [1.807, 2.05) is 62.4 Å². The van der Waals surface area contributed by atoms with E-state index in [-0.39, 0.29) is 23.3 Å². The molecule has 1 atom stereocenters. The van der Waals surface area contributed by atoms with E-state index < -0.39 is 12.6 Å². The average molecular weight is 377 g/mol. The minimum Gasteiger partial charge on any atom is -0.507 e. The summed E-state index contributed by atoms with van der Waals surface area (Å²) >= 11 is 0. The predicted molar refractivity (Wildman–Crippen MR) is 108 cm³/mol. The number of phenolic OH excluding ortho intramolecular Hbond substituents is 1. The summed E-state index contributed by atoms with van der Waals surface area (Å²) in [5.74, 6) is -1.29. The first-order chi connectivity index (χ1) is 13.5. The van der Waals surface area contributed by atoms with E-state index in [0.717, 1.165) is 21.9 Å². The number of hydrogen-bond donors (Lipinski definition) is 2. The maximum absolute atomic E-state index is 12.3. The molecule has 3 aromatic carbocycles. The third kappa shape index (κ3) is 4.49. The van der Waals surface area contributed by atoms with Gasteiger partial charge in [-0.05, 0) is 41.8 Å². The van der Waals surface area contributed by atoms with Crippen molar-refractivity contribution in [3.8, 4) is 5.75 Å². The van der Waals surface area contributed by atoms with Crippen molar-refractivity contribution in [1.29, 1.82) is 0 Å². The number of ether oxygens (including phenoxy) is 1. The zero-order valence-electron chi connectivity index (χ0n) is 15.9. The van der Waals surface area contributed by atoms with Gasteiger partial charge < -0.3 is 15.2 Å². The van der Waals surface area contributed by atoms with Crippen LogP contribution in [0.4, 0.5) is 0 Å². The van der Waals surface area contributed by atoms with Gasteiger partial charge in [0.05, 0.1) is 6.04 Å². The van der Waals surface area contributed by atoms with Gasteiger partial charge in [-0.1, -0.05) is 61.0 Å². The van der Waals surface area contributed by atoms with Crippen LogP contribution in [0.1, 0.15) is 40.9 Å². The van der Waals surface area contributed by atoms with Crippen molar-refractivity contribution in [2.45, 2.75) is 26.3 Å². The zero-order valence-corrected chi connectivity index (χ0v) is 15.9. The zero-order chi connectivity index (χ0) is 20.1. The minimum absolute atomic E-state index is 0.0390. The van der Waals surface area contributed by atoms with Crippen molar-refractivity contribution in [2.24, 2.45) is 0 Å². The molecule has 3 rings (SSSR count). The third-order valence-electron chi connectivity index (χ3n) is 4.64. The van der Waals surface area contributed by atoms with Gasteiger partial charge >= 0.3 is 5.97 Å². The van der Waals surface area contributed by atoms with Gasteiger partial charge in [0, 0.05) is 0 Å². The summed E-state index contributed by atoms with van der Waals surface area (Å²) in [5, 5.41) is 14.6. The number of fused-ring (bicyclic) bond motifs is 1. The number of esters is 1. The van der Waals surface area contributed by atoms with E-state index in [9.17, 15) is 14.7 Å². The van der Waals surface area contributed by atoms with E-state index in [4.69, 9.17) is 4.74 Å². The monoisotopic (exact) mass is 377 g/mol. The van der Waals surface area contributed by atoms with E-state index in [1.165, 1.54) is 6.07 Å². The molecule has 0 unspecified atom stereocenters. The Hall–Kier alpha value is -3.34. The summed E-state index contributed by atoms with van der Waals surface area (Å²) in [6.45, 7) is 3.57. The van der Waals surface area contributed by atoms with Crippen LogP contribution in [0.2, 0.25) is 0 Å². The quantitative estimate of drug-likeness (QED) is 0.629. The smallest absolute Gasteiger partial charge is 0.342 e. The largest absolute Gasteiger partial charge is 0.507 e. The van der Waals surface area contributed by atoms with Crippen LogP contribution in [0.3, 0.4) is 0 Å². The van der Waals surface area contributed by atoms with Gasteiger partial charge in [0.1, 0.15) is 11.3 Å². The predicted octanol–water partition coefficient (Wildman–Crippen LogP) is 4.28. The summed E-state index contributed by atoms with van der Waals surface area (Å²) < 4.78 is 5.11. The minimum atomic E-state index is -0.734. The third-order valence-corrected chi connectivity index (χ3v) is 4.64. The molecule has 5 heteroatoms. The molecule has 3 aromatic rings. The Morgan fingerprint density at radius 3 is 2.32 bits per heavy atom. The van der Waals surface area contributed by atoms with Crippen molar-refractivity contribution >= 4 is 22.6 Å². The number of benzene rings is 3. The van der Waals surface area contributed by atoms with E-state index in [0.29, 0.717) is 6.42 Å². The van der Waals surface area contributed by atoms with Crippen LogP contribution in [0.5, 0.6) is 5.75 Å². The first-order valence-corrected chi connectivity index (χ1v) is 9.22. The van der Waals surface area contributed by atoms with Crippen LogP contribution in [0.15, 0.2) is 60.7 Å². The Bertz CT molecular complexity index is 995. The Morgan fingerprint density at radius 1 is 1.04 bits per heavy atom. The van der Waals surface area contributed by atoms with Crippen molar-refractivity contribution in [3.63, 3.8) is 0 Å². The highest BCUT2D eigenvalue weighted by molar-refractivity contribution is 5.99. The fourth-order valence-corrected chi connectivity index (χ4v) is 3.06. The van der Waals surface area contributed by atoms with Crippen molar-refractivity contribution in [3.05, 3.63) is 77.4 Å². The van der Waals surface area contributed by atoms with E-state index >= 15 is 0 Å². The van der Waals surface area contributed by atoms with Gasteiger partial charge in [0.25, 0.3) is 5.91 Å². The van der Waals surface area contributed by atoms with Crippen LogP contribution >= 0.6 is 0 Å². The van der Waals surface area contributed by atoms with Gasteiger partial charge in [-0.15, -0.1) is 0 Å². The molecule has 0 saturated carbocycles. The molecule has 2 N–H and O–H groups in total. The number of carbonyl (C=O) groups is 2. The number of hydrogen-bond acceptors (Lipinski definition) is 4. The molecule has 0 saturated heterocycles. The molecule has 0 aliphatic carbocycles. The topological polar surface area (TPSA) is 75.6 Å². The molecule has 0 aliphatic heterocycles. The number of carbonyl (C=O) groups excluding carboxylic acids is 2. The highest BCUT2D eigenvalue weighted by Crippen LogP contribution is 2.25. The summed E-state index contributed by atoms with van der Waals surface area (Å²) in [5.41, 5.74) is 2.19. The first-order valence-electron chi connectivity index (χ1n) is 9.22. The molecule has 1 amide bonds. The van der Waals surface area contributed by atoms with Crippen LogP contribution in [-0.2, 0) is 9.53 Å². The molecule has 0 aromatic heterocycles. The molecule has 144 valence electrons. The number of amides is 1. The molecule has 0 spiro atoms. The van der Waals surface area contributed by atoms with Crippen molar-refractivity contribution < 1.29 is 19.4 Å². The van der Waals surface area contributed by atoms with Crippen LogP contribution in [0, 0.1) is 6.92 Å². The summed E-state index contributed by atoms with van der Waals surface area (Å²) in [6.07, 6.45) is 0.716. The Kier molecular flexibility index (Phi) is 5.94. The highest BCUT2D eigenvalue weighted by Gasteiger charge is 2.17. The molecule has 0 aliphatic rings.